The number of nitrogens with zero attached hydrogens (tertiary/aromatic N) is 1. The Kier molecular flexibility index (Phi) is 4.56. The molecule has 2 nitrogen and oxygen atoms in total. The van der Waals surface area contributed by atoms with Gasteiger partial charge in [-0.2, -0.15) is 11.8 Å². The lowest BCUT2D eigenvalue weighted by Crippen LogP contribution is -2.33. The molecule has 1 atom stereocenters. The number of rotatable bonds is 5. The van der Waals surface area contributed by atoms with Gasteiger partial charge in [0.15, 0.2) is 0 Å². The molecule has 78 valence electrons. The van der Waals surface area contributed by atoms with E-state index in [0.29, 0.717) is 5.41 Å². The van der Waals surface area contributed by atoms with Crippen molar-refractivity contribution in [3.8, 4) is 0 Å². The summed E-state index contributed by atoms with van der Waals surface area (Å²) >= 11 is 1.94. The van der Waals surface area contributed by atoms with Crippen LogP contribution in [0.15, 0.2) is 0 Å². The molecule has 13 heavy (non-hydrogen) atoms. The summed E-state index contributed by atoms with van der Waals surface area (Å²) in [6.07, 6.45) is 3.53. The highest BCUT2D eigenvalue weighted by Crippen LogP contribution is 2.28. The summed E-state index contributed by atoms with van der Waals surface area (Å²) < 4.78 is 0. The highest BCUT2D eigenvalue weighted by Gasteiger charge is 2.32. The van der Waals surface area contributed by atoms with Crippen molar-refractivity contribution in [3.05, 3.63) is 0 Å². The minimum Gasteiger partial charge on any atom is -0.319 e. The molecule has 0 aromatic heterocycles. The molecule has 0 aliphatic carbocycles. The van der Waals surface area contributed by atoms with Gasteiger partial charge >= 0.3 is 0 Å². The van der Waals surface area contributed by atoms with E-state index in [1.807, 2.05) is 11.8 Å². The van der Waals surface area contributed by atoms with Crippen molar-refractivity contribution >= 4 is 11.8 Å². The molecule has 1 saturated heterocycles. The first-order valence-corrected chi connectivity index (χ1v) is 6.45. The van der Waals surface area contributed by atoms with Gasteiger partial charge in [0.1, 0.15) is 0 Å². The zero-order chi connectivity index (χ0) is 9.73. The summed E-state index contributed by atoms with van der Waals surface area (Å²) in [5, 5.41) is 3.29. The minimum atomic E-state index is 0.521. The van der Waals surface area contributed by atoms with Crippen LogP contribution in [0.1, 0.15) is 13.3 Å². The molecule has 1 N–H and O–H groups in total. The maximum absolute atomic E-state index is 3.29. The van der Waals surface area contributed by atoms with Crippen LogP contribution >= 0.6 is 11.8 Å². The Hall–Kier alpha value is 0.270. The number of nitrogens with one attached hydrogen (secondary N) is 1. The van der Waals surface area contributed by atoms with E-state index in [2.05, 4.69) is 30.4 Å². The number of hydrogen-bond acceptors (Lipinski definition) is 3. The van der Waals surface area contributed by atoms with Gasteiger partial charge in [-0.3, -0.25) is 0 Å². The highest BCUT2D eigenvalue weighted by molar-refractivity contribution is 7.98. The Morgan fingerprint density at radius 3 is 2.92 bits per heavy atom. The van der Waals surface area contributed by atoms with Crippen LogP contribution in [0.25, 0.3) is 0 Å². The van der Waals surface area contributed by atoms with Crippen LogP contribution in [0.2, 0.25) is 0 Å². The summed E-state index contributed by atoms with van der Waals surface area (Å²) in [5.41, 5.74) is 0.521. The van der Waals surface area contributed by atoms with Crippen LogP contribution < -0.4 is 5.32 Å². The van der Waals surface area contributed by atoms with Gasteiger partial charge < -0.3 is 10.2 Å². The van der Waals surface area contributed by atoms with Crippen molar-refractivity contribution < 1.29 is 0 Å². The molecule has 0 bridgehead atoms. The third-order valence-corrected chi connectivity index (χ3v) is 3.44. The first kappa shape index (κ1) is 11.3. The molecule has 1 aliphatic heterocycles. The van der Waals surface area contributed by atoms with Crippen molar-refractivity contribution in [2.24, 2.45) is 5.41 Å². The van der Waals surface area contributed by atoms with E-state index >= 15 is 0 Å². The summed E-state index contributed by atoms with van der Waals surface area (Å²) in [6, 6.07) is 0. The van der Waals surface area contributed by atoms with Crippen molar-refractivity contribution in [2.45, 2.75) is 13.3 Å². The predicted octanol–water partition coefficient (Wildman–Crippen LogP) is 1.28. The fourth-order valence-corrected chi connectivity index (χ4v) is 2.55. The van der Waals surface area contributed by atoms with Crippen LogP contribution in [-0.2, 0) is 0 Å². The van der Waals surface area contributed by atoms with Gasteiger partial charge in [-0.1, -0.05) is 6.92 Å². The van der Waals surface area contributed by atoms with Crippen LogP contribution in [0.5, 0.6) is 0 Å². The Morgan fingerprint density at radius 1 is 1.54 bits per heavy atom. The minimum absolute atomic E-state index is 0.521. The summed E-state index contributed by atoms with van der Waals surface area (Å²) in [7, 11) is 2.05. The third kappa shape index (κ3) is 3.49. The Balaban J connectivity index is 2.26. The van der Waals surface area contributed by atoms with Gasteiger partial charge in [0.2, 0.25) is 0 Å². The molecule has 1 fully saturated rings. The average molecular weight is 202 g/mol. The Labute approximate surface area is 86.5 Å². The fraction of sp³-hybridized carbons (Fsp3) is 1.00. The van der Waals surface area contributed by atoms with Crippen LogP contribution in [0.4, 0.5) is 0 Å². The van der Waals surface area contributed by atoms with E-state index in [-0.39, 0.29) is 0 Å². The third-order valence-electron chi connectivity index (χ3n) is 2.85. The van der Waals surface area contributed by atoms with Gasteiger partial charge in [-0.25, -0.2) is 0 Å². The second-order valence-corrected chi connectivity index (χ2v) is 5.35. The molecule has 1 heterocycles. The van der Waals surface area contributed by atoms with Crippen molar-refractivity contribution in [2.75, 3.05) is 45.2 Å². The van der Waals surface area contributed by atoms with E-state index in [1.165, 1.54) is 31.8 Å². The van der Waals surface area contributed by atoms with E-state index in [1.54, 1.807) is 0 Å². The molecule has 0 saturated carbocycles. The molecular weight excluding hydrogens is 180 g/mol. The lowest BCUT2D eigenvalue weighted by Gasteiger charge is -2.24. The Morgan fingerprint density at radius 2 is 2.31 bits per heavy atom. The molecule has 1 unspecified atom stereocenters. The van der Waals surface area contributed by atoms with Gasteiger partial charge in [0.05, 0.1) is 0 Å². The summed E-state index contributed by atoms with van der Waals surface area (Å²) in [4.78, 5) is 2.59. The quantitative estimate of drug-likeness (QED) is 0.723. The monoisotopic (exact) mass is 202 g/mol. The molecule has 0 amide bonds. The Bertz CT molecular complexity index is 152. The second-order valence-electron chi connectivity index (χ2n) is 4.36. The number of thioether (sulfide) groups is 1. The predicted molar refractivity (Wildman–Crippen MR) is 61.5 cm³/mol. The zero-order valence-electron chi connectivity index (χ0n) is 9.10. The second kappa shape index (κ2) is 5.23. The topological polar surface area (TPSA) is 15.3 Å². The van der Waals surface area contributed by atoms with Crippen LogP contribution in [-0.4, -0.2) is 50.1 Å². The number of hydrogen-bond donors (Lipinski definition) is 1. The van der Waals surface area contributed by atoms with Gasteiger partial charge in [0, 0.05) is 25.4 Å². The SMILES string of the molecule is CNCC1(C)CCN(CCSC)C1. The standard InChI is InChI=1S/C10H22N2S/c1-10(8-11-2)4-5-12(9-10)6-7-13-3/h11H,4-9H2,1-3H3. The molecule has 0 aromatic rings. The van der Waals surface area contributed by atoms with Crippen molar-refractivity contribution in [3.63, 3.8) is 0 Å². The molecule has 1 aliphatic rings. The first-order valence-electron chi connectivity index (χ1n) is 5.06. The lowest BCUT2D eigenvalue weighted by molar-refractivity contribution is 0.281. The molecular formula is C10H22N2S. The van der Waals surface area contributed by atoms with Crippen LogP contribution in [0, 0.1) is 5.41 Å². The molecule has 0 spiro atoms. The summed E-state index contributed by atoms with van der Waals surface area (Å²) in [6.45, 7) is 7.37. The number of likely N-dealkylation sites (tertiary alicyclic amines) is 1. The van der Waals surface area contributed by atoms with Crippen LogP contribution in [0.3, 0.4) is 0 Å². The zero-order valence-corrected chi connectivity index (χ0v) is 9.91. The smallest absolute Gasteiger partial charge is 0.00725 e. The average Bonchev–Trinajstić information content (AvgIpc) is 2.45. The van der Waals surface area contributed by atoms with Gasteiger partial charge in [0.25, 0.3) is 0 Å². The molecule has 1 rings (SSSR count). The maximum atomic E-state index is 3.29. The fourth-order valence-electron chi connectivity index (χ4n) is 2.11. The lowest BCUT2D eigenvalue weighted by atomic mass is 9.90. The van der Waals surface area contributed by atoms with Crippen molar-refractivity contribution in [1.29, 1.82) is 0 Å². The van der Waals surface area contributed by atoms with E-state index in [4.69, 9.17) is 0 Å². The normalized spacial score (nSPS) is 29.8. The van der Waals surface area contributed by atoms with E-state index in [9.17, 15) is 0 Å². The summed E-state index contributed by atoms with van der Waals surface area (Å²) in [5.74, 6) is 1.27. The first-order chi connectivity index (χ1) is 6.20. The maximum Gasteiger partial charge on any atom is 0.00725 e. The molecule has 3 heteroatoms. The van der Waals surface area contributed by atoms with Crippen molar-refractivity contribution in [1.82, 2.24) is 10.2 Å². The van der Waals surface area contributed by atoms with E-state index in [0.717, 1.165) is 6.54 Å². The van der Waals surface area contributed by atoms with Gasteiger partial charge in [-0.15, -0.1) is 0 Å². The molecule has 0 radical (unpaired) electrons. The highest BCUT2D eigenvalue weighted by atomic mass is 32.2. The molecule has 0 aromatic carbocycles. The van der Waals surface area contributed by atoms with Gasteiger partial charge in [-0.05, 0) is 31.7 Å². The largest absolute Gasteiger partial charge is 0.319 e. The van der Waals surface area contributed by atoms with E-state index < -0.39 is 0 Å².